The predicted octanol–water partition coefficient (Wildman–Crippen LogP) is 1.62. The van der Waals surface area contributed by atoms with Crippen molar-refractivity contribution >= 4 is 28.9 Å². The second-order valence-electron chi connectivity index (χ2n) is 4.95. The minimum Gasteiger partial charge on any atom is -0.387 e. The maximum atomic E-state index is 12.2. The first kappa shape index (κ1) is 18.3. The second-order valence-corrected chi connectivity index (χ2v) is 4.95. The number of benzene rings is 2. The molecule has 11 heteroatoms. The van der Waals surface area contributed by atoms with Gasteiger partial charge in [0.2, 0.25) is 0 Å². The molecule has 134 valence electrons. The van der Waals surface area contributed by atoms with Crippen LogP contribution < -0.4 is 16.2 Å². The number of anilines is 1. The van der Waals surface area contributed by atoms with E-state index in [1.54, 1.807) is 0 Å². The van der Waals surface area contributed by atoms with Crippen LogP contribution in [0.1, 0.15) is 20.7 Å². The van der Waals surface area contributed by atoms with Gasteiger partial charge in [-0.3, -0.25) is 40.7 Å². The molecule has 0 bridgehead atoms. The molecule has 0 heterocycles. The van der Waals surface area contributed by atoms with Crippen molar-refractivity contribution in [3.8, 4) is 0 Å². The number of hydrazine groups is 1. The van der Waals surface area contributed by atoms with E-state index in [-0.39, 0.29) is 22.5 Å². The van der Waals surface area contributed by atoms with Crippen LogP contribution in [0.2, 0.25) is 0 Å². The standard InChI is InChI=1S/C15H13N5O6/c1-16-13-6-5-11(20(25)26)8-12(13)15(22)18-17-14(21)9-3-2-4-10(7-9)19(23)24/h2-8,16H,1H3,(H,17,21)(H,18,22). The summed E-state index contributed by atoms with van der Waals surface area (Å²) in [6, 6.07) is 8.57. The molecule has 0 aromatic heterocycles. The van der Waals surface area contributed by atoms with E-state index in [0.717, 1.165) is 12.1 Å². The van der Waals surface area contributed by atoms with E-state index in [2.05, 4.69) is 16.2 Å². The third-order valence-corrected chi connectivity index (χ3v) is 3.34. The Kier molecular flexibility index (Phi) is 5.43. The fourth-order valence-corrected chi connectivity index (χ4v) is 2.07. The number of nitro groups is 2. The number of nitrogens with one attached hydrogen (secondary N) is 3. The summed E-state index contributed by atoms with van der Waals surface area (Å²) in [5, 5.41) is 24.3. The van der Waals surface area contributed by atoms with Crippen molar-refractivity contribution < 1.29 is 19.4 Å². The Morgan fingerprint density at radius 3 is 2.12 bits per heavy atom. The number of nitrogens with zero attached hydrogens (tertiary/aromatic N) is 2. The van der Waals surface area contributed by atoms with Gasteiger partial charge in [-0.15, -0.1) is 0 Å². The number of hydrogen-bond donors (Lipinski definition) is 3. The number of carbonyl (C=O) groups is 2. The number of rotatable bonds is 5. The molecule has 2 aromatic rings. The molecule has 0 unspecified atom stereocenters. The molecule has 26 heavy (non-hydrogen) atoms. The minimum atomic E-state index is -0.795. The fraction of sp³-hybridized carbons (Fsp3) is 0.0667. The van der Waals surface area contributed by atoms with Gasteiger partial charge in [-0.05, 0) is 12.1 Å². The highest BCUT2D eigenvalue weighted by Crippen LogP contribution is 2.21. The highest BCUT2D eigenvalue weighted by atomic mass is 16.6. The molecule has 0 spiro atoms. The van der Waals surface area contributed by atoms with Gasteiger partial charge in [0.15, 0.2) is 0 Å². The largest absolute Gasteiger partial charge is 0.387 e. The molecule has 0 fully saturated rings. The van der Waals surface area contributed by atoms with Gasteiger partial charge in [0.05, 0.1) is 15.4 Å². The van der Waals surface area contributed by atoms with Crippen LogP contribution in [0.15, 0.2) is 42.5 Å². The Labute approximate surface area is 146 Å². The number of carbonyl (C=O) groups excluding carboxylic acids is 2. The summed E-state index contributed by atoms with van der Waals surface area (Å²) < 4.78 is 0. The molecule has 2 amide bonds. The monoisotopic (exact) mass is 359 g/mol. The smallest absolute Gasteiger partial charge is 0.272 e. The maximum absolute atomic E-state index is 12.2. The van der Waals surface area contributed by atoms with Gasteiger partial charge in [-0.2, -0.15) is 0 Å². The van der Waals surface area contributed by atoms with Gasteiger partial charge in [0.1, 0.15) is 0 Å². The molecular weight excluding hydrogens is 346 g/mol. The molecule has 2 rings (SSSR count). The predicted molar refractivity (Wildman–Crippen MR) is 90.7 cm³/mol. The van der Waals surface area contributed by atoms with Crippen molar-refractivity contribution in [2.24, 2.45) is 0 Å². The number of nitro benzene ring substituents is 2. The Morgan fingerprint density at radius 1 is 0.885 bits per heavy atom. The quantitative estimate of drug-likeness (QED) is 0.540. The van der Waals surface area contributed by atoms with Gasteiger partial charge in [0, 0.05) is 42.6 Å². The average Bonchev–Trinajstić information content (AvgIpc) is 2.65. The fourth-order valence-electron chi connectivity index (χ4n) is 2.07. The molecule has 0 aliphatic rings. The van der Waals surface area contributed by atoms with Gasteiger partial charge >= 0.3 is 0 Å². The zero-order valence-corrected chi connectivity index (χ0v) is 13.4. The zero-order valence-electron chi connectivity index (χ0n) is 13.4. The van der Waals surface area contributed by atoms with Crippen molar-refractivity contribution in [2.45, 2.75) is 0 Å². The van der Waals surface area contributed by atoms with Crippen molar-refractivity contribution in [3.05, 3.63) is 73.8 Å². The van der Waals surface area contributed by atoms with Crippen molar-refractivity contribution in [1.29, 1.82) is 0 Å². The van der Waals surface area contributed by atoms with Crippen LogP contribution in [-0.2, 0) is 0 Å². The van der Waals surface area contributed by atoms with Crippen molar-refractivity contribution in [1.82, 2.24) is 10.9 Å². The highest BCUT2D eigenvalue weighted by Gasteiger charge is 2.17. The maximum Gasteiger partial charge on any atom is 0.272 e. The normalized spacial score (nSPS) is 9.88. The summed E-state index contributed by atoms with van der Waals surface area (Å²) in [4.78, 5) is 44.5. The van der Waals surface area contributed by atoms with E-state index >= 15 is 0 Å². The molecule has 0 saturated carbocycles. The van der Waals surface area contributed by atoms with E-state index in [0.29, 0.717) is 5.69 Å². The lowest BCUT2D eigenvalue weighted by Crippen LogP contribution is -2.41. The lowest BCUT2D eigenvalue weighted by atomic mass is 10.1. The average molecular weight is 359 g/mol. The summed E-state index contributed by atoms with van der Waals surface area (Å²) in [5.41, 5.74) is 3.88. The lowest BCUT2D eigenvalue weighted by molar-refractivity contribution is -0.385. The topological polar surface area (TPSA) is 157 Å². The third kappa shape index (κ3) is 4.08. The third-order valence-electron chi connectivity index (χ3n) is 3.34. The summed E-state index contributed by atoms with van der Waals surface area (Å²) >= 11 is 0. The minimum absolute atomic E-state index is 0.0348. The van der Waals surface area contributed by atoms with Crippen LogP contribution in [0.3, 0.4) is 0 Å². The Hall–Kier alpha value is -4.02. The SMILES string of the molecule is CNc1ccc([N+](=O)[O-])cc1C(=O)NNC(=O)c1cccc([N+](=O)[O-])c1. The summed E-state index contributed by atoms with van der Waals surface area (Å²) in [7, 11) is 1.53. The van der Waals surface area contributed by atoms with E-state index in [9.17, 15) is 29.8 Å². The van der Waals surface area contributed by atoms with Gasteiger partial charge in [-0.1, -0.05) is 6.07 Å². The summed E-state index contributed by atoms with van der Waals surface area (Å²) in [6.45, 7) is 0. The first-order valence-electron chi connectivity index (χ1n) is 7.15. The molecule has 2 aromatic carbocycles. The molecule has 0 saturated heterocycles. The molecule has 11 nitrogen and oxygen atoms in total. The summed E-state index contributed by atoms with van der Waals surface area (Å²) in [5.74, 6) is -1.57. The van der Waals surface area contributed by atoms with E-state index < -0.39 is 21.7 Å². The van der Waals surface area contributed by atoms with Gasteiger partial charge in [-0.25, -0.2) is 0 Å². The van der Waals surface area contributed by atoms with E-state index in [1.807, 2.05) is 0 Å². The molecule has 0 aliphatic carbocycles. The first-order valence-corrected chi connectivity index (χ1v) is 7.15. The van der Waals surface area contributed by atoms with Crippen LogP contribution >= 0.6 is 0 Å². The number of non-ortho nitro benzene ring substituents is 2. The van der Waals surface area contributed by atoms with Crippen molar-refractivity contribution in [2.75, 3.05) is 12.4 Å². The Balaban J connectivity index is 2.14. The van der Waals surface area contributed by atoms with Crippen LogP contribution in [-0.4, -0.2) is 28.7 Å². The summed E-state index contributed by atoms with van der Waals surface area (Å²) in [6.07, 6.45) is 0. The second kappa shape index (κ2) is 7.70. The van der Waals surface area contributed by atoms with Crippen LogP contribution in [0.4, 0.5) is 17.1 Å². The van der Waals surface area contributed by atoms with Crippen molar-refractivity contribution in [3.63, 3.8) is 0 Å². The Bertz CT molecular complexity index is 898. The zero-order chi connectivity index (χ0) is 19.3. The van der Waals surface area contributed by atoms with E-state index in [4.69, 9.17) is 0 Å². The highest BCUT2D eigenvalue weighted by molar-refractivity contribution is 6.02. The molecule has 0 aliphatic heterocycles. The molecular formula is C15H13N5O6. The molecule has 3 N–H and O–H groups in total. The number of amides is 2. The first-order chi connectivity index (χ1) is 12.3. The number of hydrogen-bond acceptors (Lipinski definition) is 7. The van der Waals surface area contributed by atoms with Gasteiger partial charge in [0.25, 0.3) is 23.2 Å². The molecule has 0 radical (unpaired) electrons. The van der Waals surface area contributed by atoms with Crippen LogP contribution in [0.25, 0.3) is 0 Å². The van der Waals surface area contributed by atoms with E-state index in [1.165, 1.54) is 37.4 Å². The lowest BCUT2D eigenvalue weighted by Gasteiger charge is -2.10. The molecule has 0 atom stereocenters. The van der Waals surface area contributed by atoms with Crippen LogP contribution in [0, 0.1) is 20.2 Å². The Morgan fingerprint density at radius 2 is 1.50 bits per heavy atom. The van der Waals surface area contributed by atoms with Crippen LogP contribution in [0.5, 0.6) is 0 Å². The van der Waals surface area contributed by atoms with Gasteiger partial charge < -0.3 is 5.32 Å².